The zero-order chi connectivity index (χ0) is 10.8. The van der Waals surface area contributed by atoms with Crippen LogP contribution < -0.4 is 5.32 Å². The lowest BCUT2D eigenvalue weighted by Gasteiger charge is -2.24. The van der Waals surface area contributed by atoms with Crippen LogP contribution in [-0.2, 0) is 0 Å². The molecule has 0 bridgehead atoms. The first-order valence-electron chi connectivity index (χ1n) is 6.13. The van der Waals surface area contributed by atoms with Gasteiger partial charge in [0.25, 0.3) is 0 Å². The van der Waals surface area contributed by atoms with Gasteiger partial charge in [-0.15, -0.1) is 0 Å². The highest BCUT2D eigenvalue weighted by Crippen LogP contribution is 2.05. The number of hydrogen-bond donors (Lipinski definition) is 1. The van der Waals surface area contributed by atoms with Gasteiger partial charge in [-0.2, -0.15) is 0 Å². The first-order valence-corrected chi connectivity index (χ1v) is 6.13. The summed E-state index contributed by atoms with van der Waals surface area (Å²) < 4.78 is 0. The van der Waals surface area contributed by atoms with Crippen LogP contribution in [0.3, 0.4) is 0 Å². The molecule has 0 aliphatic rings. The van der Waals surface area contributed by atoms with E-state index >= 15 is 0 Å². The van der Waals surface area contributed by atoms with Crippen molar-refractivity contribution in [2.75, 3.05) is 26.7 Å². The van der Waals surface area contributed by atoms with Crippen LogP contribution in [-0.4, -0.2) is 37.6 Å². The zero-order valence-electron chi connectivity index (χ0n) is 10.5. The van der Waals surface area contributed by atoms with E-state index in [0.29, 0.717) is 0 Å². The van der Waals surface area contributed by atoms with E-state index in [4.69, 9.17) is 0 Å². The van der Waals surface area contributed by atoms with Crippen LogP contribution in [0.4, 0.5) is 0 Å². The van der Waals surface area contributed by atoms with Gasteiger partial charge in [-0.1, -0.05) is 20.3 Å². The largest absolute Gasteiger partial charge is 0.317 e. The molecule has 14 heavy (non-hydrogen) atoms. The second-order valence-corrected chi connectivity index (χ2v) is 4.18. The summed E-state index contributed by atoms with van der Waals surface area (Å²) in [6.07, 6.45) is 5.24. The first kappa shape index (κ1) is 13.9. The SMILES string of the molecule is CCCCN(C)C(C)CCCNCC. The van der Waals surface area contributed by atoms with Crippen LogP contribution >= 0.6 is 0 Å². The van der Waals surface area contributed by atoms with Crippen molar-refractivity contribution in [2.24, 2.45) is 0 Å². The van der Waals surface area contributed by atoms with E-state index in [1.165, 1.54) is 38.8 Å². The zero-order valence-corrected chi connectivity index (χ0v) is 10.5. The molecule has 0 aromatic carbocycles. The van der Waals surface area contributed by atoms with Gasteiger partial charge in [0.15, 0.2) is 0 Å². The van der Waals surface area contributed by atoms with Gasteiger partial charge < -0.3 is 10.2 Å². The second-order valence-electron chi connectivity index (χ2n) is 4.18. The molecule has 1 N–H and O–H groups in total. The van der Waals surface area contributed by atoms with Crippen molar-refractivity contribution in [1.82, 2.24) is 10.2 Å². The number of hydrogen-bond acceptors (Lipinski definition) is 2. The maximum absolute atomic E-state index is 3.37. The molecule has 0 saturated heterocycles. The van der Waals surface area contributed by atoms with E-state index < -0.39 is 0 Å². The van der Waals surface area contributed by atoms with E-state index in [-0.39, 0.29) is 0 Å². The topological polar surface area (TPSA) is 15.3 Å². The summed E-state index contributed by atoms with van der Waals surface area (Å²) in [7, 11) is 2.24. The standard InChI is InChI=1S/C12H28N2/c1-5-7-11-14(4)12(3)9-8-10-13-6-2/h12-13H,5-11H2,1-4H3. The molecule has 1 unspecified atom stereocenters. The van der Waals surface area contributed by atoms with Crippen molar-refractivity contribution in [3.8, 4) is 0 Å². The smallest absolute Gasteiger partial charge is 0.00643 e. The molecule has 0 saturated carbocycles. The monoisotopic (exact) mass is 200 g/mol. The molecule has 0 fully saturated rings. The number of rotatable bonds is 9. The minimum Gasteiger partial charge on any atom is -0.317 e. The molecule has 0 amide bonds. The Bertz CT molecular complexity index is 115. The van der Waals surface area contributed by atoms with E-state index in [2.05, 4.69) is 38.0 Å². The maximum atomic E-state index is 3.37. The minimum atomic E-state index is 0.736. The third-order valence-corrected chi connectivity index (χ3v) is 2.84. The Balaban J connectivity index is 3.36. The lowest BCUT2D eigenvalue weighted by Crippen LogP contribution is -2.30. The Morgan fingerprint density at radius 2 is 1.93 bits per heavy atom. The first-order chi connectivity index (χ1) is 6.72. The number of unbranched alkanes of at least 4 members (excludes halogenated alkanes) is 1. The van der Waals surface area contributed by atoms with Gasteiger partial charge in [-0.3, -0.25) is 0 Å². The Hall–Kier alpha value is -0.0800. The van der Waals surface area contributed by atoms with Crippen molar-refractivity contribution in [1.29, 1.82) is 0 Å². The van der Waals surface area contributed by atoms with Gasteiger partial charge in [0.05, 0.1) is 0 Å². The van der Waals surface area contributed by atoms with Crippen molar-refractivity contribution in [3.63, 3.8) is 0 Å². The second kappa shape index (κ2) is 9.47. The number of nitrogens with one attached hydrogen (secondary N) is 1. The summed E-state index contributed by atoms with van der Waals surface area (Å²) >= 11 is 0. The minimum absolute atomic E-state index is 0.736. The quantitative estimate of drug-likeness (QED) is 0.575. The highest BCUT2D eigenvalue weighted by atomic mass is 15.1. The third-order valence-electron chi connectivity index (χ3n) is 2.84. The van der Waals surface area contributed by atoms with E-state index in [1.807, 2.05) is 0 Å². The highest BCUT2D eigenvalue weighted by Gasteiger charge is 2.07. The molecule has 2 heteroatoms. The fourth-order valence-corrected chi connectivity index (χ4v) is 1.55. The summed E-state index contributed by atoms with van der Waals surface area (Å²) in [4.78, 5) is 2.48. The van der Waals surface area contributed by atoms with Crippen molar-refractivity contribution in [2.45, 2.75) is 52.5 Å². The van der Waals surface area contributed by atoms with Gasteiger partial charge in [0.2, 0.25) is 0 Å². The molecule has 1 atom stereocenters. The van der Waals surface area contributed by atoms with E-state index in [1.54, 1.807) is 0 Å². The summed E-state index contributed by atoms with van der Waals surface area (Å²) in [5.74, 6) is 0. The molecule has 0 radical (unpaired) electrons. The predicted octanol–water partition coefficient (Wildman–Crippen LogP) is 2.50. The Morgan fingerprint density at radius 1 is 1.21 bits per heavy atom. The molecular weight excluding hydrogens is 172 g/mol. The molecule has 0 aliphatic carbocycles. The van der Waals surface area contributed by atoms with Crippen LogP contribution in [0.5, 0.6) is 0 Å². The van der Waals surface area contributed by atoms with Crippen molar-refractivity contribution >= 4 is 0 Å². The Labute approximate surface area is 90.1 Å². The van der Waals surface area contributed by atoms with Crippen LogP contribution in [0.2, 0.25) is 0 Å². The molecule has 0 rings (SSSR count). The maximum Gasteiger partial charge on any atom is 0.00643 e. The van der Waals surface area contributed by atoms with Crippen LogP contribution in [0.15, 0.2) is 0 Å². The van der Waals surface area contributed by atoms with Crippen LogP contribution in [0, 0.1) is 0 Å². The molecule has 2 nitrogen and oxygen atoms in total. The van der Waals surface area contributed by atoms with E-state index in [0.717, 1.165) is 12.6 Å². The molecule has 0 aliphatic heterocycles. The fraction of sp³-hybridized carbons (Fsp3) is 1.00. The van der Waals surface area contributed by atoms with Crippen LogP contribution in [0.25, 0.3) is 0 Å². The summed E-state index contributed by atoms with van der Waals surface area (Å²) in [6, 6.07) is 0.736. The van der Waals surface area contributed by atoms with Crippen molar-refractivity contribution in [3.05, 3.63) is 0 Å². The molecule has 0 spiro atoms. The summed E-state index contributed by atoms with van der Waals surface area (Å²) in [6.45, 7) is 10.3. The molecule has 0 heterocycles. The van der Waals surface area contributed by atoms with Crippen LogP contribution in [0.1, 0.15) is 46.5 Å². The average Bonchev–Trinajstić information content (AvgIpc) is 2.20. The third kappa shape index (κ3) is 7.34. The lowest BCUT2D eigenvalue weighted by molar-refractivity contribution is 0.239. The lowest BCUT2D eigenvalue weighted by atomic mass is 10.1. The molecule has 0 aromatic heterocycles. The van der Waals surface area contributed by atoms with E-state index in [9.17, 15) is 0 Å². The fourth-order valence-electron chi connectivity index (χ4n) is 1.55. The molecule has 86 valence electrons. The van der Waals surface area contributed by atoms with Gasteiger partial charge in [0, 0.05) is 6.04 Å². The Morgan fingerprint density at radius 3 is 2.50 bits per heavy atom. The van der Waals surface area contributed by atoms with Gasteiger partial charge in [0.1, 0.15) is 0 Å². The molecular formula is C12H28N2. The Kier molecular flexibility index (Phi) is 9.42. The normalized spacial score (nSPS) is 13.5. The molecule has 0 aromatic rings. The summed E-state index contributed by atoms with van der Waals surface area (Å²) in [5, 5.41) is 3.37. The van der Waals surface area contributed by atoms with Gasteiger partial charge >= 0.3 is 0 Å². The van der Waals surface area contributed by atoms with Crippen molar-refractivity contribution < 1.29 is 0 Å². The average molecular weight is 200 g/mol. The predicted molar refractivity (Wildman–Crippen MR) is 64.8 cm³/mol. The number of nitrogens with zero attached hydrogens (tertiary/aromatic N) is 1. The van der Waals surface area contributed by atoms with Gasteiger partial charge in [-0.05, 0) is 52.9 Å². The summed E-state index contributed by atoms with van der Waals surface area (Å²) in [5.41, 5.74) is 0. The highest BCUT2D eigenvalue weighted by molar-refractivity contribution is 4.63. The van der Waals surface area contributed by atoms with Gasteiger partial charge in [-0.25, -0.2) is 0 Å².